The van der Waals surface area contributed by atoms with E-state index in [1.165, 1.54) is 6.33 Å². The molecule has 0 aliphatic heterocycles. The summed E-state index contributed by atoms with van der Waals surface area (Å²) in [5, 5.41) is 12.6. The van der Waals surface area contributed by atoms with Crippen LogP contribution in [-0.4, -0.2) is 47.5 Å². The number of hydrogen-bond acceptors (Lipinski definition) is 7. The number of aliphatic hydroxyl groups is 1. The summed E-state index contributed by atoms with van der Waals surface area (Å²) in [6.07, 6.45) is 1.42. The van der Waals surface area contributed by atoms with Gasteiger partial charge in [0, 0.05) is 13.7 Å². The zero-order chi connectivity index (χ0) is 14.3. The fourth-order valence-corrected chi connectivity index (χ4v) is 1.47. The molecule has 0 bridgehead atoms. The van der Waals surface area contributed by atoms with E-state index in [0.29, 0.717) is 37.0 Å². The Kier molecular flexibility index (Phi) is 6.31. The summed E-state index contributed by atoms with van der Waals surface area (Å²) in [7, 11) is 1.55. The third-order valence-corrected chi connectivity index (χ3v) is 2.32. The first-order chi connectivity index (χ1) is 9.04. The fraction of sp³-hybridized carbons (Fsp3) is 0.667. The van der Waals surface area contributed by atoms with Gasteiger partial charge in [-0.2, -0.15) is 4.98 Å². The summed E-state index contributed by atoms with van der Waals surface area (Å²) < 4.78 is 10.3. The van der Waals surface area contributed by atoms with E-state index < -0.39 is 6.10 Å². The number of rotatable bonds is 8. The second-order valence-electron chi connectivity index (χ2n) is 4.43. The highest BCUT2D eigenvalue weighted by Gasteiger charge is 2.11. The lowest BCUT2D eigenvalue weighted by molar-refractivity contribution is 0.0615. The molecule has 7 heteroatoms. The number of nitrogens with two attached hydrogens (primary N) is 1. The minimum Gasteiger partial charge on any atom is -0.473 e. The van der Waals surface area contributed by atoms with Crippen LogP contribution in [0, 0.1) is 0 Å². The Morgan fingerprint density at radius 3 is 2.79 bits per heavy atom. The Balaban J connectivity index is 2.54. The lowest BCUT2D eigenvalue weighted by Gasteiger charge is -2.14. The minimum absolute atomic E-state index is 0.00595. The molecule has 1 unspecified atom stereocenters. The normalized spacial score (nSPS) is 12.5. The Morgan fingerprint density at radius 2 is 2.16 bits per heavy atom. The molecule has 1 heterocycles. The molecule has 0 aromatic carbocycles. The number of nitrogen functional groups attached to an aromatic ring is 1. The van der Waals surface area contributed by atoms with Crippen molar-refractivity contribution in [1.82, 2.24) is 9.97 Å². The van der Waals surface area contributed by atoms with Crippen LogP contribution in [0.4, 0.5) is 11.5 Å². The number of aliphatic hydroxyl groups excluding tert-OH is 1. The van der Waals surface area contributed by atoms with Crippen LogP contribution >= 0.6 is 0 Å². The van der Waals surface area contributed by atoms with Gasteiger partial charge in [0.15, 0.2) is 5.82 Å². The molecular weight excluding hydrogens is 248 g/mol. The molecule has 0 saturated heterocycles. The van der Waals surface area contributed by atoms with Gasteiger partial charge in [0.05, 0.1) is 18.8 Å². The zero-order valence-corrected chi connectivity index (χ0v) is 11.6. The summed E-state index contributed by atoms with van der Waals surface area (Å²) in [5.74, 6) is 0.875. The Bertz CT molecular complexity index is 387. The fourth-order valence-electron chi connectivity index (χ4n) is 1.47. The molecular formula is C12H22N4O3. The van der Waals surface area contributed by atoms with E-state index in [4.69, 9.17) is 15.2 Å². The van der Waals surface area contributed by atoms with Crippen LogP contribution in [0.1, 0.15) is 20.3 Å². The third kappa shape index (κ3) is 5.27. The second kappa shape index (κ2) is 7.75. The lowest BCUT2D eigenvalue weighted by Crippen LogP contribution is -2.19. The van der Waals surface area contributed by atoms with Crippen molar-refractivity contribution in [1.29, 1.82) is 0 Å². The minimum atomic E-state index is -0.507. The molecule has 0 aliphatic rings. The van der Waals surface area contributed by atoms with E-state index in [1.807, 2.05) is 13.8 Å². The second-order valence-corrected chi connectivity index (χ2v) is 4.43. The van der Waals surface area contributed by atoms with Crippen LogP contribution in [-0.2, 0) is 4.74 Å². The van der Waals surface area contributed by atoms with Crippen molar-refractivity contribution in [2.75, 3.05) is 31.3 Å². The number of anilines is 2. The maximum atomic E-state index is 9.52. The predicted octanol–water partition coefficient (Wildman–Crippen LogP) is 0.655. The van der Waals surface area contributed by atoms with Crippen LogP contribution in [0.15, 0.2) is 6.33 Å². The maximum absolute atomic E-state index is 9.52. The van der Waals surface area contributed by atoms with Crippen molar-refractivity contribution in [2.24, 2.45) is 0 Å². The van der Waals surface area contributed by atoms with Gasteiger partial charge in [-0.15, -0.1) is 0 Å². The van der Waals surface area contributed by atoms with E-state index in [1.54, 1.807) is 7.11 Å². The van der Waals surface area contributed by atoms with Gasteiger partial charge in [-0.25, -0.2) is 4.98 Å². The molecule has 1 aromatic rings. The van der Waals surface area contributed by atoms with E-state index in [-0.39, 0.29) is 6.10 Å². The van der Waals surface area contributed by atoms with Gasteiger partial charge in [0.2, 0.25) is 5.88 Å². The SMILES string of the molecule is COCC(O)CCNc1ncnc(OC(C)C)c1N. The van der Waals surface area contributed by atoms with Gasteiger partial charge < -0.3 is 25.6 Å². The molecule has 19 heavy (non-hydrogen) atoms. The number of hydrogen-bond donors (Lipinski definition) is 3. The highest BCUT2D eigenvalue weighted by atomic mass is 16.5. The van der Waals surface area contributed by atoms with Crippen LogP contribution < -0.4 is 15.8 Å². The first kappa shape index (κ1) is 15.5. The van der Waals surface area contributed by atoms with Gasteiger partial charge in [0.25, 0.3) is 0 Å². The first-order valence-corrected chi connectivity index (χ1v) is 6.22. The van der Waals surface area contributed by atoms with E-state index in [9.17, 15) is 5.11 Å². The van der Waals surface area contributed by atoms with E-state index in [2.05, 4.69) is 15.3 Å². The van der Waals surface area contributed by atoms with Crippen molar-refractivity contribution < 1.29 is 14.6 Å². The van der Waals surface area contributed by atoms with Crippen molar-refractivity contribution in [3.8, 4) is 5.88 Å². The largest absolute Gasteiger partial charge is 0.473 e. The topological polar surface area (TPSA) is 103 Å². The maximum Gasteiger partial charge on any atom is 0.242 e. The quantitative estimate of drug-likeness (QED) is 0.637. The molecule has 0 amide bonds. The molecule has 108 valence electrons. The van der Waals surface area contributed by atoms with Crippen LogP contribution in [0.2, 0.25) is 0 Å². The van der Waals surface area contributed by atoms with E-state index >= 15 is 0 Å². The molecule has 0 fully saturated rings. The summed E-state index contributed by atoms with van der Waals surface area (Å²) in [6, 6.07) is 0. The lowest BCUT2D eigenvalue weighted by atomic mass is 10.2. The molecule has 7 nitrogen and oxygen atoms in total. The highest BCUT2D eigenvalue weighted by Crippen LogP contribution is 2.25. The predicted molar refractivity (Wildman–Crippen MR) is 73.2 cm³/mol. The molecule has 0 aliphatic carbocycles. The van der Waals surface area contributed by atoms with E-state index in [0.717, 1.165) is 0 Å². The summed E-state index contributed by atoms with van der Waals surface area (Å²) in [5.41, 5.74) is 6.28. The number of nitrogens with zero attached hydrogens (tertiary/aromatic N) is 2. The Labute approximate surface area is 113 Å². The molecule has 0 radical (unpaired) electrons. The monoisotopic (exact) mass is 270 g/mol. The molecule has 4 N–H and O–H groups in total. The first-order valence-electron chi connectivity index (χ1n) is 6.22. The Hall–Kier alpha value is -1.60. The highest BCUT2D eigenvalue weighted by molar-refractivity contribution is 5.66. The average Bonchev–Trinajstić information content (AvgIpc) is 2.33. The molecule has 1 atom stereocenters. The third-order valence-electron chi connectivity index (χ3n) is 2.32. The Morgan fingerprint density at radius 1 is 1.42 bits per heavy atom. The van der Waals surface area contributed by atoms with Crippen molar-refractivity contribution in [2.45, 2.75) is 32.5 Å². The summed E-state index contributed by atoms with van der Waals surface area (Å²) in [4.78, 5) is 8.03. The van der Waals surface area contributed by atoms with Gasteiger partial charge in [-0.3, -0.25) is 0 Å². The van der Waals surface area contributed by atoms with Crippen LogP contribution in [0.25, 0.3) is 0 Å². The van der Waals surface area contributed by atoms with Crippen molar-refractivity contribution >= 4 is 11.5 Å². The van der Waals surface area contributed by atoms with Gasteiger partial charge >= 0.3 is 0 Å². The van der Waals surface area contributed by atoms with Gasteiger partial charge in [-0.1, -0.05) is 0 Å². The van der Waals surface area contributed by atoms with Crippen LogP contribution in [0.3, 0.4) is 0 Å². The number of ether oxygens (including phenoxy) is 2. The smallest absolute Gasteiger partial charge is 0.242 e. The summed E-state index contributed by atoms with van der Waals surface area (Å²) >= 11 is 0. The standard InChI is InChI=1S/C12H22N4O3/c1-8(2)19-12-10(13)11(15-7-16-12)14-5-4-9(17)6-18-3/h7-9,17H,4-6,13H2,1-3H3,(H,14,15,16). The average molecular weight is 270 g/mol. The number of aromatic nitrogens is 2. The summed E-state index contributed by atoms with van der Waals surface area (Å²) in [6.45, 7) is 4.64. The molecule has 1 rings (SSSR count). The van der Waals surface area contributed by atoms with Gasteiger partial charge in [0.1, 0.15) is 12.0 Å². The molecule has 0 saturated carbocycles. The van der Waals surface area contributed by atoms with Crippen molar-refractivity contribution in [3.05, 3.63) is 6.33 Å². The van der Waals surface area contributed by atoms with Crippen molar-refractivity contribution in [3.63, 3.8) is 0 Å². The zero-order valence-electron chi connectivity index (χ0n) is 11.6. The van der Waals surface area contributed by atoms with Crippen LogP contribution in [0.5, 0.6) is 5.88 Å². The number of methoxy groups -OCH3 is 1. The van der Waals surface area contributed by atoms with Gasteiger partial charge in [-0.05, 0) is 20.3 Å². The molecule has 0 spiro atoms. The number of nitrogens with one attached hydrogen (secondary N) is 1. The molecule has 1 aromatic heterocycles.